The summed E-state index contributed by atoms with van der Waals surface area (Å²) in [5, 5.41) is 2.91. The fraction of sp³-hybridized carbons (Fsp3) is 0.471. The van der Waals surface area contributed by atoms with E-state index in [9.17, 15) is 4.79 Å². The van der Waals surface area contributed by atoms with Gasteiger partial charge in [-0.2, -0.15) is 0 Å². The third-order valence-electron chi connectivity index (χ3n) is 4.35. The van der Waals surface area contributed by atoms with Crippen LogP contribution >= 0.6 is 15.9 Å². The standard InChI is InChI=1S/C17H21BrN4O2/c1-11-8-20-17(24-11)12(2)22-7-3-4-13(10-22)16(23)21-15-6-5-14(18)9-19-15/h5-6,8-9,12-13H,3-4,7,10H2,1-2H3,(H,19,21,23). The second-order valence-corrected chi connectivity index (χ2v) is 7.09. The number of pyridine rings is 1. The van der Waals surface area contributed by atoms with E-state index in [2.05, 4.69) is 43.0 Å². The van der Waals surface area contributed by atoms with Crippen LogP contribution in [0.3, 0.4) is 0 Å². The first-order valence-electron chi connectivity index (χ1n) is 8.11. The minimum Gasteiger partial charge on any atom is -0.444 e. The van der Waals surface area contributed by atoms with Crippen molar-refractivity contribution in [1.82, 2.24) is 14.9 Å². The number of halogens is 1. The minimum absolute atomic E-state index is 0.0188. The summed E-state index contributed by atoms with van der Waals surface area (Å²) in [7, 11) is 0. The Balaban J connectivity index is 1.62. The number of nitrogens with zero attached hydrogens (tertiary/aromatic N) is 3. The highest BCUT2D eigenvalue weighted by atomic mass is 79.9. The van der Waals surface area contributed by atoms with Gasteiger partial charge in [0.1, 0.15) is 11.6 Å². The Bertz CT molecular complexity index is 701. The Kier molecular flexibility index (Phi) is 5.30. The van der Waals surface area contributed by atoms with Crippen LogP contribution in [0.2, 0.25) is 0 Å². The molecule has 1 aliphatic heterocycles. The maximum atomic E-state index is 12.5. The first-order chi connectivity index (χ1) is 11.5. The van der Waals surface area contributed by atoms with Gasteiger partial charge in [0.25, 0.3) is 0 Å². The van der Waals surface area contributed by atoms with Gasteiger partial charge in [-0.15, -0.1) is 0 Å². The molecule has 3 heterocycles. The van der Waals surface area contributed by atoms with Crippen LogP contribution < -0.4 is 5.32 Å². The molecule has 6 nitrogen and oxygen atoms in total. The molecule has 3 rings (SSSR count). The predicted octanol–water partition coefficient (Wildman–Crippen LogP) is 3.55. The highest BCUT2D eigenvalue weighted by Crippen LogP contribution is 2.27. The Labute approximate surface area is 149 Å². The van der Waals surface area contributed by atoms with Crippen LogP contribution in [-0.2, 0) is 4.79 Å². The number of carbonyl (C=O) groups excluding carboxylic acids is 1. The van der Waals surface area contributed by atoms with Crippen molar-refractivity contribution in [1.29, 1.82) is 0 Å². The van der Waals surface area contributed by atoms with Crippen LogP contribution in [0, 0.1) is 12.8 Å². The van der Waals surface area contributed by atoms with E-state index in [1.54, 1.807) is 18.5 Å². The summed E-state index contributed by atoms with van der Waals surface area (Å²) < 4.78 is 6.52. The molecule has 0 aliphatic carbocycles. The summed E-state index contributed by atoms with van der Waals surface area (Å²) in [6.45, 7) is 5.61. The van der Waals surface area contributed by atoms with Crippen molar-refractivity contribution in [2.75, 3.05) is 18.4 Å². The number of likely N-dealkylation sites (tertiary alicyclic amines) is 1. The van der Waals surface area contributed by atoms with Crippen LogP contribution in [0.25, 0.3) is 0 Å². The van der Waals surface area contributed by atoms with Gasteiger partial charge in [0.05, 0.1) is 18.2 Å². The van der Waals surface area contributed by atoms with E-state index in [1.807, 2.05) is 13.0 Å². The topological polar surface area (TPSA) is 71.3 Å². The summed E-state index contributed by atoms with van der Waals surface area (Å²) >= 11 is 3.34. The van der Waals surface area contributed by atoms with Gasteiger partial charge < -0.3 is 9.73 Å². The molecule has 0 aromatic carbocycles. The molecule has 2 aromatic rings. The van der Waals surface area contributed by atoms with Gasteiger partial charge in [0.2, 0.25) is 11.8 Å². The first kappa shape index (κ1) is 17.1. The molecule has 1 aliphatic rings. The van der Waals surface area contributed by atoms with E-state index in [0.717, 1.165) is 29.6 Å². The van der Waals surface area contributed by atoms with Crippen LogP contribution in [-0.4, -0.2) is 33.9 Å². The van der Waals surface area contributed by atoms with Crippen molar-refractivity contribution in [3.8, 4) is 0 Å². The summed E-state index contributed by atoms with van der Waals surface area (Å²) in [6, 6.07) is 3.73. The quantitative estimate of drug-likeness (QED) is 0.860. The van der Waals surface area contributed by atoms with E-state index >= 15 is 0 Å². The van der Waals surface area contributed by atoms with Gasteiger partial charge >= 0.3 is 0 Å². The maximum absolute atomic E-state index is 12.5. The van der Waals surface area contributed by atoms with E-state index in [0.29, 0.717) is 18.3 Å². The normalized spacial score (nSPS) is 19.9. The Hall–Kier alpha value is -1.73. The van der Waals surface area contributed by atoms with Crippen LogP contribution in [0.15, 0.2) is 33.4 Å². The molecule has 0 radical (unpaired) electrons. The molecular weight excluding hydrogens is 372 g/mol. The molecular formula is C17H21BrN4O2. The number of hydrogen-bond acceptors (Lipinski definition) is 5. The van der Waals surface area contributed by atoms with Crippen molar-refractivity contribution in [3.63, 3.8) is 0 Å². The smallest absolute Gasteiger partial charge is 0.229 e. The monoisotopic (exact) mass is 392 g/mol. The first-order valence-corrected chi connectivity index (χ1v) is 8.91. The number of aryl methyl sites for hydroxylation is 1. The molecule has 128 valence electrons. The molecule has 1 fully saturated rings. The lowest BCUT2D eigenvalue weighted by Gasteiger charge is -2.34. The zero-order chi connectivity index (χ0) is 17.1. The second-order valence-electron chi connectivity index (χ2n) is 6.17. The van der Waals surface area contributed by atoms with Crippen LogP contribution in [0.5, 0.6) is 0 Å². The SMILES string of the molecule is Cc1cnc(C(C)N2CCCC(C(=O)Nc3ccc(Br)cn3)C2)o1. The second kappa shape index (κ2) is 7.44. The summed E-state index contributed by atoms with van der Waals surface area (Å²) in [4.78, 5) is 23.3. The predicted molar refractivity (Wildman–Crippen MR) is 94.5 cm³/mol. The molecule has 2 atom stereocenters. The number of piperidine rings is 1. The van der Waals surface area contributed by atoms with Gasteiger partial charge in [-0.1, -0.05) is 0 Å². The molecule has 0 bridgehead atoms. The van der Waals surface area contributed by atoms with Crippen molar-refractivity contribution >= 4 is 27.7 Å². The molecule has 1 amide bonds. The molecule has 1 N–H and O–H groups in total. The molecule has 0 spiro atoms. The Morgan fingerprint density at radius 2 is 2.25 bits per heavy atom. The van der Waals surface area contributed by atoms with Crippen molar-refractivity contribution < 1.29 is 9.21 Å². The largest absolute Gasteiger partial charge is 0.444 e. The Morgan fingerprint density at radius 1 is 1.42 bits per heavy atom. The number of amides is 1. The lowest BCUT2D eigenvalue weighted by atomic mass is 9.96. The molecule has 0 saturated carbocycles. The molecule has 24 heavy (non-hydrogen) atoms. The maximum Gasteiger partial charge on any atom is 0.229 e. The number of oxazole rings is 1. The number of carbonyl (C=O) groups is 1. The molecule has 2 aromatic heterocycles. The van der Waals surface area contributed by atoms with Gasteiger partial charge in [0, 0.05) is 17.2 Å². The van der Waals surface area contributed by atoms with E-state index < -0.39 is 0 Å². The van der Waals surface area contributed by atoms with Crippen molar-refractivity contribution in [2.45, 2.75) is 32.7 Å². The highest BCUT2D eigenvalue weighted by molar-refractivity contribution is 9.10. The fourth-order valence-electron chi connectivity index (χ4n) is 2.97. The molecule has 2 unspecified atom stereocenters. The molecule has 7 heteroatoms. The van der Waals surface area contributed by atoms with E-state index in [4.69, 9.17) is 4.42 Å². The highest BCUT2D eigenvalue weighted by Gasteiger charge is 2.30. The average Bonchev–Trinajstić information content (AvgIpc) is 3.03. The van der Waals surface area contributed by atoms with Gasteiger partial charge in [-0.05, 0) is 61.3 Å². The summed E-state index contributed by atoms with van der Waals surface area (Å²) in [5.74, 6) is 2.07. The van der Waals surface area contributed by atoms with Crippen LogP contribution in [0.1, 0.15) is 37.5 Å². The van der Waals surface area contributed by atoms with E-state index in [1.165, 1.54) is 0 Å². The number of rotatable bonds is 4. The molecule has 1 saturated heterocycles. The van der Waals surface area contributed by atoms with Crippen molar-refractivity contribution in [2.24, 2.45) is 5.92 Å². The Morgan fingerprint density at radius 3 is 2.92 bits per heavy atom. The van der Waals surface area contributed by atoms with Gasteiger partial charge in [0.15, 0.2) is 0 Å². The number of anilines is 1. The van der Waals surface area contributed by atoms with Crippen molar-refractivity contribution in [3.05, 3.63) is 40.7 Å². The zero-order valence-electron chi connectivity index (χ0n) is 13.8. The third-order valence-corrected chi connectivity index (χ3v) is 4.82. The lowest BCUT2D eigenvalue weighted by Crippen LogP contribution is -2.42. The lowest BCUT2D eigenvalue weighted by molar-refractivity contribution is -0.121. The summed E-state index contributed by atoms with van der Waals surface area (Å²) in [5.41, 5.74) is 0. The summed E-state index contributed by atoms with van der Waals surface area (Å²) in [6.07, 6.45) is 5.28. The third kappa shape index (κ3) is 4.02. The average molecular weight is 393 g/mol. The minimum atomic E-state index is -0.0531. The number of aromatic nitrogens is 2. The number of nitrogens with one attached hydrogen (secondary N) is 1. The van der Waals surface area contributed by atoms with Crippen LogP contribution in [0.4, 0.5) is 5.82 Å². The zero-order valence-corrected chi connectivity index (χ0v) is 15.4. The fourth-order valence-corrected chi connectivity index (χ4v) is 3.21. The van der Waals surface area contributed by atoms with Gasteiger partial charge in [-0.25, -0.2) is 9.97 Å². The van der Waals surface area contributed by atoms with Gasteiger partial charge in [-0.3, -0.25) is 9.69 Å². The van der Waals surface area contributed by atoms with E-state index in [-0.39, 0.29) is 17.9 Å². The number of hydrogen-bond donors (Lipinski definition) is 1.